The highest BCUT2D eigenvalue weighted by molar-refractivity contribution is 6.08. The van der Waals surface area contributed by atoms with Gasteiger partial charge in [-0.05, 0) is 25.5 Å². The number of quaternary nitrogens is 1. The normalized spacial score (nSPS) is 32.3. The van der Waals surface area contributed by atoms with Gasteiger partial charge in [0.05, 0.1) is 12.9 Å². The van der Waals surface area contributed by atoms with E-state index in [-0.39, 0.29) is 18.4 Å². The van der Waals surface area contributed by atoms with E-state index in [1.54, 1.807) is 19.1 Å². The maximum atomic E-state index is 12.8. The van der Waals surface area contributed by atoms with Crippen molar-refractivity contribution in [1.82, 2.24) is 4.90 Å². The van der Waals surface area contributed by atoms with Crippen molar-refractivity contribution in [3.05, 3.63) is 24.2 Å². The van der Waals surface area contributed by atoms with Crippen LogP contribution >= 0.6 is 0 Å². The monoisotopic (exact) mass is 335 g/mol. The van der Waals surface area contributed by atoms with Crippen LogP contribution in [0.15, 0.2) is 22.8 Å². The first-order valence-corrected chi connectivity index (χ1v) is 8.36. The molecule has 4 atom stereocenters. The predicted octanol–water partition coefficient (Wildman–Crippen LogP) is 0.231. The van der Waals surface area contributed by atoms with Crippen LogP contribution in [-0.2, 0) is 19.1 Å². The molecule has 130 valence electrons. The van der Waals surface area contributed by atoms with Crippen molar-refractivity contribution < 1.29 is 28.9 Å². The van der Waals surface area contributed by atoms with Crippen LogP contribution in [0.4, 0.5) is 0 Å². The maximum absolute atomic E-state index is 12.8. The molecule has 2 fully saturated rings. The first-order valence-electron chi connectivity index (χ1n) is 8.36. The zero-order valence-corrected chi connectivity index (χ0v) is 14.2. The van der Waals surface area contributed by atoms with Crippen LogP contribution in [0.5, 0.6) is 0 Å². The highest BCUT2D eigenvalue weighted by atomic mass is 16.5. The van der Waals surface area contributed by atoms with Crippen LogP contribution in [-0.4, -0.2) is 41.9 Å². The quantitative estimate of drug-likeness (QED) is 0.614. The van der Waals surface area contributed by atoms with Crippen LogP contribution in [0.2, 0.25) is 0 Å². The van der Waals surface area contributed by atoms with Crippen molar-refractivity contribution in [1.29, 1.82) is 0 Å². The Morgan fingerprint density at radius 1 is 1.38 bits per heavy atom. The van der Waals surface area contributed by atoms with Gasteiger partial charge >= 0.3 is 5.97 Å². The molecule has 2 amide bonds. The number of likely N-dealkylation sites (tertiary alicyclic amines) is 1. The van der Waals surface area contributed by atoms with Crippen LogP contribution in [0, 0.1) is 11.8 Å². The summed E-state index contributed by atoms with van der Waals surface area (Å²) in [6, 6.07) is 3.12. The van der Waals surface area contributed by atoms with E-state index in [2.05, 4.69) is 0 Å². The fraction of sp³-hybridized carbons (Fsp3) is 0.588. The van der Waals surface area contributed by atoms with Crippen molar-refractivity contribution in [3.8, 4) is 0 Å². The number of amides is 2. The lowest BCUT2D eigenvalue weighted by Gasteiger charge is -2.28. The molecule has 0 bridgehead atoms. The summed E-state index contributed by atoms with van der Waals surface area (Å²) in [7, 11) is 1.48. The smallest absolute Gasteiger partial charge is 0.368 e. The number of esters is 1. The van der Waals surface area contributed by atoms with E-state index in [1.807, 2.05) is 12.2 Å². The van der Waals surface area contributed by atoms with E-state index in [0.29, 0.717) is 18.6 Å². The number of hydrogen-bond acceptors (Lipinski definition) is 5. The van der Waals surface area contributed by atoms with Gasteiger partial charge in [-0.1, -0.05) is 6.92 Å². The van der Waals surface area contributed by atoms with E-state index in [0.717, 1.165) is 4.90 Å². The average molecular weight is 335 g/mol. The van der Waals surface area contributed by atoms with E-state index >= 15 is 0 Å². The summed E-state index contributed by atoms with van der Waals surface area (Å²) < 4.78 is 10.8. The summed E-state index contributed by atoms with van der Waals surface area (Å²) in [6.07, 6.45) is 2.71. The number of nitrogens with two attached hydrogens (primary N) is 1. The Morgan fingerprint density at radius 2 is 2.12 bits per heavy atom. The predicted molar refractivity (Wildman–Crippen MR) is 82.4 cm³/mol. The molecule has 24 heavy (non-hydrogen) atoms. The van der Waals surface area contributed by atoms with E-state index < -0.39 is 29.4 Å². The van der Waals surface area contributed by atoms with Crippen LogP contribution < -0.4 is 5.32 Å². The molecule has 2 aliphatic rings. The minimum atomic E-state index is -1.08. The number of imide groups is 1. The Labute approximate surface area is 140 Å². The van der Waals surface area contributed by atoms with Crippen molar-refractivity contribution in [2.75, 3.05) is 13.7 Å². The molecule has 0 aromatic carbocycles. The molecule has 3 rings (SSSR count). The van der Waals surface area contributed by atoms with Crippen LogP contribution in [0.3, 0.4) is 0 Å². The number of fused-ring (bicyclic) bond motifs is 1. The molecule has 2 N–H and O–H groups in total. The summed E-state index contributed by atoms with van der Waals surface area (Å²) in [4.78, 5) is 39.4. The number of carbonyl (C=O) groups excluding carboxylic acids is 3. The SMILES string of the molecule is CCC[C@@]1(C(=O)OCC)[NH2+][C@@H](c2ccco2)[C@H]2C(=O)N(C)C(=O)[C@@H]21. The van der Waals surface area contributed by atoms with E-state index in [9.17, 15) is 14.4 Å². The minimum Gasteiger partial charge on any atom is -0.463 e. The van der Waals surface area contributed by atoms with Crippen LogP contribution in [0.25, 0.3) is 0 Å². The van der Waals surface area contributed by atoms with Gasteiger partial charge in [0.15, 0.2) is 11.8 Å². The summed E-state index contributed by atoms with van der Waals surface area (Å²) in [5, 5.41) is 1.82. The third-order valence-electron chi connectivity index (χ3n) is 5.18. The first-order chi connectivity index (χ1) is 11.5. The van der Waals surface area contributed by atoms with Gasteiger partial charge in [-0.25, -0.2) is 4.79 Å². The molecule has 2 aliphatic heterocycles. The summed E-state index contributed by atoms with van der Waals surface area (Å²) in [5.41, 5.74) is -1.08. The highest BCUT2D eigenvalue weighted by Gasteiger charge is 2.72. The Bertz CT molecular complexity index is 656. The van der Waals surface area contributed by atoms with Crippen molar-refractivity contribution in [2.24, 2.45) is 11.8 Å². The minimum absolute atomic E-state index is 0.235. The van der Waals surface area contributed by atoms with E-state index in [1.165, 1.54) is 13.3 Å². The van der Waals surface area contributed by atoms with Gasteiger partial charge in [0.1, 0.15) is 11.8 Å². The topological polar surface area (TPSA) is 93.4 Å². The molecule has 0 radical (unpaired) electrons. The summed E-state index contributed by atoms with van der Waals surface area (Å²) >= 11 is 0. The van der Waals surface area contributed by atoms with Gasteiger partial charge in [0.2, 0.25) is 17.4 Å². The van der Waals surface area contributed by atoms with Crippen molar-refractivity contribution in [2.45, 2.75) is 38.3 Å². The Hall–Kier alpha value is -2.15. The van der Waals surface area contributed by atoms with Crippen molar-refractivity contribution in [3.63, 3.8) is 0 Å². The number of ether oxygens (including phenoxy) is 1. The third-order valence-corrected chi connectivity index (χ3v) is 5.18. The van der Waals surface area contributed by atoms with Gasteiger partial charge in [0, 0.05) is 13.5 Å². The fourth-order valence-electron chi connectivity index (χ4n) is 4.22. The second kappa shape index (κ2) is 6.05. The molecule has 7 nitrogen and oxygen atoms in total. The molecule has 0 saturated carbocycles. The van der Waals surface area contributed by atoms with Gasteiger partial charge < -0.3 is 14.5 Å². The largest absolute Gasteiger partial charge is 0.463 e. The molecule has 7 heteroatoms. The molecular formula is C17H23N2O5+. The molecule has 2 saturated heterocycles. The Morgan fingerprint density at radius 3 is 2.71 bits per heavy atom. The molecule has 1 aromatic rings. The molecule has 0 unspecified atom stereocenters. The molecule has 3 heterocycles. The standard InChI is InChI=1S/C17H22N2O5/c1-4-8-17(16(22)23-5-2)12-11(14(20)19(3)15(12)21)13(18-17)10-7-6-9-24-10/h6-7,9,11-13,18H,4-5,8H2,1-3H3/p+1/t11-,12+,13-,17+/m0/s1. The highest BCUT2D eigenvalue weighted by Crippen LogP contribution is 2.45. The van der Waals surface area contributed by atoms with Gasteiger partial charge in [-0.3, -0.25) is 14.5 Å². The zero-order valence-electron chi connectivity index (χ0n) is 14.2. The maximum Gasteiger partial charge on any atom is 0.368 e. The van der Waals surface area contributed by atoms with Gasteiger partial charge in [-0.15, -0.1) is 0 Å². The number of carbonyl (C=O) groups is 3. The molecular weight excluding hydrogens is 312 g/mol. The Kier molecular flexibility index (Phi) is 4.21. The third kappa shape index (κ3) is 2.18. The summed E-state index contributed by atoms with van der Waals surface area (Å²) in [6.45, 7) is 3.93. The fourth-order valence-corrected chi connectivity index (χ4v) is 4.22. The lowest BCUT2D eigenvalue weighted by atomic mass is 9.77. The second-order valence-corrected chi connectivity index (χ2v) is 6.46. The Balaban J connectivity index is 2.10. The number of furan rings is 1. The lowest BCUT2D eigenvalue weighted by Crippen LogP contribution is -2.98. The molecule has 1 aromatic heterocycles. The van der Waals surface area contributed by atoms with Gasteiger partial charge in [0.25, 0.3) is 0 Å². The zero-order chi connectivity index (χ0) is 17.5. The summed E-state index contributed by atoms with van der Waals surface area (Å²) in [5.74, 6) is -1.72. The van der Waals surface area contributed by atoms with Crippen LogP contribution in [0.1, 0.15) is 38.5 Å². The average Bonchev–Trinajstić information content (AvgIpc) is 3.23. The second-order valence-electron chi connectivity index (χ2n) is 6.46. The molecule has 0 aliphatic carbocycles. The van der Waals surface area contributed by atoms with Gasteiger partial charge in [-0.2, -0.15) is 0 Å². The molecule has 0 spiro atoms. The first kappa shape index (κ1) is 16.7. The number of hydrogen-bond donors (Lipinski definition) is 1. The van der Waals surface area contributed by atoms with E-state index in [4.69, 9.17) is 9.15 Å². The number of rotatable bonds is 5. The van der Waals surface area contributed by atoms with Crippen molar-refractivity contribution >= 4 is 17.8 Å². The lowest BCUT2D eigenvalue weighted by molar-refractivity contribution is -0.736. The number of nitrogens with zero attached hydrogens (tertiary/aromatic N) is 1.